The average molecular weight is 229 g/mol. The van der Waals surface area contributed by atoms with Gasteiger partial charge in [-0.15, -0.1) is 0 Å². The molecule has 84 valence electrons. The maximum absolute atomic E-state index is 10.8. The first-order chi connectivity index (χ1) is 6.34. The molecule has 0 spiro atoms. The van der Waals surface area contributed by atoms with Crippen LogP contribution >= 0.6 is 8.25 Å². The maximum atomic E-state index is 10.8. The lowest BCUT2D eigenvalue weighted by Gasteiger charge is -2.08. The number of aliphatic hydroxyl groups excluding tert-OH is 4. The summed E-state index contributed by atoms with van der Waals surface area (Å²) in [5, 5.41) is 35.2. The van der Waals surface area contributed by atoms with Crippen molar-refractivity contribution in [2.24, 2.45) is 0 Å². The Balaban J connectivity index is 3.87. The first kappa shape index (κ1) is 13.9. The third-order valence-electron chi connectivity index (χ3n) is 1.21. The summed E-state index contributed by atoms with van der Waals surface area (Å²) < 4.78 is 19.3. The van der Waals surface area contributed by atoms with Gasteiger partial charge in [0.25, 0.3) is 0 Å². The molecule has 0 saturated heterocycles. The SMILES string of the molecule is CC(O)C(O)O[P+](=O)OC(O)C(C)O. The summed E-state index contributed by atoms with van der Waals surface area (Å²) in [6, 6.07) is 0. The van der Waals surface area contributed by atoms with Gasteiger partial charge in [0.05, 0.1) is 0 Å². The molecular weight excluding hydrogens is 215 g/mol. The van der Waals surface area contributed by atoms with Crippen LogP contribution in [0.25, 0.3) is 0 Å². The minimum absolute atomic E-state index is 1.22. The van der Waals surface area contributed by atoms with Crippen LogP contribution in [0, 0.1) is 0 Å². The van der Waals surface area contributed by atoms with Gasteiger partial charge in [-0.2, -0.15) is 0 Å². The Morgan fingerprint density at radius 2 is 1.21 bits per heavy atom. The van der Waals surface area contributed by atoms with E-state index in [0.29, 0.717) is 0 Å². The predicted molar refractivity (Wildman–Crippen MR) is 45.2 cm³/mol. The van der Waals surface area contributed by atoms with E-state index in [-0.39, 0.29) is 0 Å². The van der Waals surface area contributed by atoms with Crippen molar-refractivity contribution >= 4 is 8.25 Å². The smallest absolute Gasteiger partial charge is 0.388 e. The normalized spacial score (nSPS) is 21.1. The van der Waals surface area contributed by atoms with Gasteiger partial charge >= 0.3 is 8.25 Å². The van der Waals surface area contributed by atoms with Crippen molar-refractivity contribution in [2.75, 3.05) is 0 Å². The van der Waals surface area contributed by atoms with Gasteiger partial charge in [-0.1, -0.05) is 9.05 Å². The van der Waals surface area contributed by atoms with E-state index in [4.69, 9.17) is 20.4 Å². The average Bonchev–Trinajstić information content (AvgIpc) is 2.03. The minimum Gasteiger partial charge on any atom is -0.388 e. The highest BCUT2D eigenvalue weighted by atomic mass is 31.1. The molecule has 0 aromatic rings. The van der Waals surface area contributed by atoms with Gasteiger partial charge in [-0.25, -0.2) is 0 Å². The molecule has 0 bridgehead atoms. The molecule has 0 aliphatic heterocycles. The Kier molecular flexibility index (Phi) is 6.30. The number of hydrogen-bond acceptors (Lipinski definition) is 7. The van der Waals surface area contributed by atoms with Crippen LogP contribution in [0.4, 0.5) is 0 Å². The Morgan fingerprint density at radius 3 is 1.43 bits per heavy atom. The summed E-state index contributed by atoms with van der Waals surface area (Å²) in [6.45, 7) is 2.44. The van der Waals surface area contributed by atoms with E-state index in [2.05, 4.69) is 9.05 Å². The second-order valence-corrected chi connectivity index (χ2v) is 3.57. The lowest BCUT2D eigenvalue weighted by atomic mass is 10.4. The molecule has 4 atom stereocenters. The fourth-order valence-corrected chi connectivity index (χ4v) is 1.13. The van der Waals surface area contributed by atoms with E-state index in [0.717, 1.165) is 0 Å². The molecular formula is C6H14O7P+. The van der Waals surface area contributed by atoms with Crippen LogP contribution in [0.1, 0.15) is 13.8 Å². The Morgan fingerprint density at radius 1 is 0.929 bits per heavy atom. The highest BCUT2D eigenvalue weighted by Gasteiger charge is 2.33. The van der Waals surface area contributed by atoms with Gasteiger partial charge in [0.15, 0.2) is 0 Å². The van der Waals surface area contributed by atoms with Crippen LogP contribution < -0.4 is 0 Å². The van der Waals surface area contributed by atoms with Crippen molar-refractivity contribution in [3.05, 3.63) is 0 Å². The van der Waals surface area contributed by atoms with Crippen LogP contribution in [0.2, 0.25) is 0 Å². The van der Waals surface area contributed by atoms with Crippen LogP contribution in [-0.2, 0) is 13.6 Å². The van der Waals surface area contributed by atoms with Crippen LogP contribution in [0.3, 0.4) is 0 Å². The molecule has 0 amide bonds. The van der Waals surface area contributed by atoms with Crippen molar-refractivity contribution < 1.29 is 34.0 Å². The molecule has 0 aromatic heterocycles. The summed E-state index contributed by atoms with van der Waals surface area (Å²) in [6.07, 6.45) is -5.80. The molecule has 0 aliphatic rings. The molecule has 7 nitrogen and oxygen atoms in total. The third-order valence-corrected chi connectivity index (χ3v) is 1.99. The zero-order valence-corrected chi connectivity index (χ0v) is 8.66. The van der Waals surface area contributed by atoms with Crippen molar-refractivity contribution in [2.45, 2.75) is 38.6 Å². The number of hydrogen-bond donors (Lipinski definition) is 4. The van der Waals surface area contributed by atoms with E-state index in [9.17, 15) is 4.57 Å². The van der Waals surface area contributed by atoms with Gasteiger partial charge in [-0.05, 0) is 13.8 Å². The minimum atomic E-state index is -2.79. The fourth-order valence-electron chi connectivity index (χ4n) is 0.377. The quantitative estimate of drug-likeness (QED) is 0.343. The summed E-state index contributed by atoms with van der Waals surface area (Å²) in [7, 11) is -2.79. The molecule has 0 rings (SSSR count). The van der Waals surface area contributed by atoms with Gasteiger partial charge in [0.2, 0.25) is 12.6 Å². The molecule has 4 unspecified atom stereocenters. The van der Waals surface area contributed by atoms with E-state index < -0.39 is 33.0 Å². The topological polar surface area (TPSA) is 116 Å². The standard InChI is InChI=1S/C6H14O7P/c1-3(7)5(9)12-14(11)13-6(10)4(2)8/h3-10H,1-2H3/q+1. The lowest BCUT2D eigenvalue weighted by molar-refractivity contribution is -0.127. The molecule has 0 aliphatic carbocycles. The van der Waals surface area contributed by atoms with Crippen LogP contribution in [-0.4, -0.2) is 45.2 Å². The molecule has 0 fully saturated rings. The zero-order chi connectivity index (χ0) is 11.3. The highest BCUT2D eigenvalue weighted by molar-refractivity contribution is 7.33. The summed E-state index contributed by atoms with van der Waals surface area (Å²) in [4.78, 5) is 0. The van der Waals surface area contributed by atoms with E-state index >= 15 is 0 Å². The van der Waals surface area contributed by atoms with Crippen molar-refractivity contribution in [3.8, 4) is 0 Å². The second kappa shape index (κ2) is 6.36. The van der Waals surface area contributed by atoms with Crippen molar-refractivity contribution in [3.63, 3.8) is 0 Å². The number of aliphatic hydroxyl groups is 4. The maximum Gasteiger partial charge on any atom is 0.703 e. The van der Waals surface area contributed by atoms with Crippen LogP contribution in [0.5, 0.6) is 0 Å². The molecule has 0 aromatic carbocycles. The highest BCUT2D eigenvalue weighted by Crippen LogP contribution is 2.28. The van der Waals surface area contributed by atoms with Gasteiger partial charge in [0.1, 0.15) is 12.2 Å². The summed E-state index contributed by atoms with van der Waals surface area (Å²) in [5.74, 6) is 0. The molecule has 4 N–H and O–H groups in total. The summed E-state index contributed by atoms with van der Waals surface area (Å²) in [5.41, 5.74) is 0. The van der Waals surface area contributed by atoms with E-state index in [1.807, 2.05) is 0 Å². The lowest BCUT2D eigenvalue weighted by Crippen LogP contribution is -2.26. The zero-order valence-electron chi connectivity index (χ0n) is 7.77. The molecule has 0 radical (unpaired) electrons. The number of rotatable bonds is 6. The summed E-state index contributed by atoms with van der Waals surface area (Å²) >= 11 is 0. The van der Waals surface area contributed by atoms with Gasteiger partial charge < -0.3 is 20.4 Å². The third kappa shape index (κ3) is 5.56. The van der Waals surface area contributed by atoms with Crippen molar-refractivity contribution in [1.82, 2.24) is 0 Å². The first-order valence-electron chi connectivity index (χ1n) is 3.87. The van der Waals surface area contributed by atoms with Crippen molar-refractivity contribution in [1.29, 1.82) is 0 Å². The first-order valence-corrected chi connectivity index (χ1v) is 4.97. The monoisotopic (exact) mass is 229 g/mol. The van der Waals surface area contributed by atoms with E-state index in [1.54, 1.807) is 0 Å². The molecule has 0 saturated carbocycles. The largest absolute Gasteiger partial charge is 0.703 e. The van der Waals surface area contributed by atoms with Gasteiger partial charge in [0, 0.05) is 4.57 Å². The molecule has 8 heteroatoms. The van der Waals surface area contributed by atoms with Gasteiger partial charge in [-0.3, -0.25) is 0 Å². The molecule has 0 heterocycles. The fraction of sp³-hybridized carbons (Fsp3) is 1.00. The van der Waals surface area contributed by atoms with E-state index in [1.165, 1.54) is 13.8 Å². The Labute approximate surface area is 81.8 Å². The Bertz CT molecular complexity index is 165. The Hall–Kier alpha value is -0.140. The predicted octanol–water partition coefficient (Wildman–Crippen LogP) is -0.925. The second-order valence-electron chi connectivity index (χ2n) is 2.70. The molecule has 14 heavy (non-hydrogen) atoms. The van der Waals surface area contributed by atoms with Crippen LogP contribution in [0.15, 0.2) is 0 Å².